The van der Waals surface area contributed by atoms with Crippen LogP contribution in [-0.2, 0) is 6.61 Å². The van der Waals surface area contributed by atoms with Crippen LogP contribution in [0.4, 0.5) is 5.69 Å². The molecule has 0 aliphatic carbocycles. The topological polar surface area (TPSA) is 78.3 Å². The maximum absolute atomic E-state index is 11.3. The number of benzene rings is 2. The first-order valence-corrected chi connectivity index (χ1v) is 6.01. The lowest BCUT2D eigenvalue weighted by molar-refractivity contribution is 0.0998. The van der Waals surface area contributed by atoms with Crippen molar-refractivity contribution >= 4 is 23.2 Å². The summed E-state index contributed by atoms with van der Waals surface area (Å²) in [6, 6.07) is 12.0. The van der Waals surface area contributed by atoms with E-state index < -0.39 is 5.91 Å². The lowest BCUT2D eigenvalue weighted by atomic mass is 10.1. The number of nitrogens with two attached hydrogens (primary N) is 2. The molecule has 0 bridgehead atoms. The fourth-order valence-corrected chi connectivity index (χ4v) is 1.82. The summed E-state index contributed by atoms with van der Waals surface area (Å²) in [5, 5.41) is 0.431. The summed E-state index contributed by atoms with van der Waals surface area (Å²) in [4.78, 5) is 11.3. The normalized spacial score (nSPS) is 10.2. The van der Waals surface area contributed by atoms with Gasteiger partial charge in [-0.1, -0.05) is 29.8 Å². The molecule has 0 saturated carbocycles. The largest absolute Gasteiger partial charge is 0.489 e. The molecule has 0 fully saturated rings. The van der Waals surface area contributed by atoms with Gasteiger partial charge in [0.1, 0.15) is 12.4 Å². The summed E-state index contributed by atoms with van der Waals surface area (Å²) in [6.45, 7) is 0.235. The van der Waals surface area contributed by atoms with Crippen LogP contribution in [0.5, 0.6) is 5.75 Å². The van der Waals surface area contributed by atoms with Gasteiger partial charge in [-0.05, 0) is 18.2 Å². The minimum absolute atomic E-state index is 0.235. The second kappa shape index (κ2) is 5.63. The van der Waals surface area contributed by atoms with E-state index >= 15 is 0 Å². The summed E-state index contributed by atoms with van der Waals surface area (Å²) in [6.07, 6.45) is 0. The van der Waals surface area contributed by atoms with E-state index in [2.05, 4.69) is 0 Å². The first kappa shape index (κ1) is 13.2. The Morgan fingerprint density at radius 2 is 1.95 bits per heavy atom. The number of carbonyl (C=O) groups is 1. The SMILES string of the molecule is NC(=O)c1ccccc1COc1ccc(N)c(Cl)c1. The molecule has 0 unspecified atom stereocenters. The van der Waals surface area contributed by atoms with E-state index in [0.717, 1.165) is 5.56 Å². The van der Waals surface area contributed by atoms with Crippen LogP contribution in [0.2, 0.25) is 5.02 Å². The Hall–Kier alpha value is -2.20. The molecule has 0 atom stereocenters. The van der Waals surface area contributed by atoms with Crippen molar-refractivity contribution in [2.75, 3.05) is 5.73 Å². The quantitative estimate of drug-likeness (QED) is 0.843. The molecule has 0 heterocycles. The number of primary amides is 1. The van der Waals surface area contributed by atoms with Crippen LogP contribution in [0.1, 0.15) is 15.9 Å². The molecule has 2 aromatic rings. The highest BCUT2D eigenvalue weighted by molar-refractivity contribution is 6.33. The van der Waals surface area contributed by atoms with Gasteiger partial charge in [-0.15, -0.1) is 0 Å². The summed E-state index contributed by atoms with van der Waals surface area (Å²) in [7, 11) is 0. The van der Waals surface area contributed by atoms with E-state index in [9.17, 15) is 4.79 Å². The Morgan fingerprint density at radius 1 is 1.21 bits per heavy atom. The summed E-state index contributed by atoms with van der Waals surface area (Å²) < 4.78 is 5.57. The van der Waals surface area contributed by atoms with Gasteiger partial charge in [0.05, 0.1) is 10.7 Å². The van der Waals surface area contributed by atoms with Crippen molar-refractivity contribution in [1.29, 1.82) is 0 Å². The number of carbonyl (C=O) groups excluding carboxylic acids is 1. The first-order valence-electron chi connectivity index (χ1n) is 5.63. The molecular weight excluding hydrogens is 264 g/mol. The number of nitrogen functional groups attached to an aromatic ring is 1. The van der Waals surface area contributed by atoms with Gasteiger partial charge in [-0.25, -0.2) is 0 Å². The second-order valence-electron chi connectivity index (χ2n) is 3.99. The standard InChI is InChI=1S/C14H13ClN2O2/c15-12-7-10(5-6-13(12)16)19-8-9-3-1-2-4-11(9)14(17)18/h1-7H,8,16H2,(H2,17,18). The zero-order valence-electron chi connectivity index (χ0n) is 10.1. The second-order valence-corrected chi connectivity index (χ2v) is 4.40. The maximum Gasteiger partial charge on any atom is 0.249 e. The monoisotopic (exact) mass is 276 g/mol. The van der Waals surface area contributed by atoms with Crippen molar-refractivity contribution in [3.05, 3.63) is 58.6 Å². The maximum atomic E-state index is 11.3. The van der Waals surface area contributed by atoms with E-state index in [1.807, 2.05) is 6.07 Å². The van der Waals surface area contributed by atoms with Crippen LogP contribution in [0.25, 0.3) is 0 Å². The van der Waals surface area contributed by atoms with E-state index in [1.165, 1.54) is 0 Å². The summed E-state index contributed by atoms with van der Waals surface area (Å²) >= 11 is 5.90. The molecule has 5 heteroatoms. The van der Waals surface area contributed by atoms with Crippen molar-refractivity contribution in [3.8, 4) is 5.75 Å². The molecule has 19 heavy (non-hydrogen) atoms. The average Bonchev–Trinajstić information content (AvgIpc) is 2.40. The number of ether oxygens (including phenoxy) is 1. The van der Waals surface area contributed by atoms with Gasteiger partial charge in [-0.2, -0.15) is 0 Å². The van der Waals surface area contributed by atoms with Gasteiger partial charge in [0, 0.05) is 17.2 Å². The third kappa shape index (κ3) is 3.17. The highest BCUT2D eigenvalue weighted by atomic mass is 35.5. The predicted octanol–water partition coefficient (Wildman–Crippen LogP) is 2.60. The van der Waals surface area contributed by atoms with Gasteiger partial charge >= 0.3 is 0 Å². The molecule has 0 radical (unpaired) electrons. The van der Waals surface area contributed by atoms with Crippen LogP contribution < -0.4 is 16.2 Å². The van der Waals surface area contributed by atoms with Crippen LogP contribution in [0, 0.1) is 0 Å². The van der Waals surface area contributed by atoms with Crippen LogP contribution in [-0.4, -0.2) is 5.91 Å². The Labute approximate surface area is 115 Å². The number of hydrogen-bond donors (Lipinski definition) is 2. The zero-order chi connectivity index (χ0) is 13.8. The molecule has 4 N–H and O–H groups in total. The van der Waals surface area contributed by atoms with Crippen LogP contribution in [0.3, 0.4) is 0 Å². The highest BCUT2D eigenvalue weighted by Crippen LogP contribution is 2.25. The number of amides is 1. The molecule has 1 amide bonds. The van der Waals surface area contributed by atoms with Crippen molar-refractivity contribution in [1.82, 2.24) is 0 Å². The molecule has 2 rings (SSSR count). The molecule has 2 aromatic carbocycles. The fraction of sp³-hybridized carbons (Fsp3) is 0.0714. The average molecular weight is 277 g/mol. The zero-order valence-corrected chi connectivity index (χ0v) is 10.9. The Bertz CT molecular complexity index is 614. The third-order valence-electron chi connectivity index (χ3n) is 2.65. The van der Waals surface area contributed by atoms with Gasteiger partial charge in [-0.3, -0.25) is 4.79 Å². The Kier molecular flexibility index (Phi) is 3.92. The molecule has 0 aliphatic heterocycles. The minimum atomic E-state index is -0.477. The molecule has 0 saturated heterocycles. The van der Waals surface area contributed by atoms with E-state index in [4.69, 9.17) is 27.8 Å². The fourth-order valence-electron chi connectivity index (χ4n) is 1.65. The van der Waals surface area contributed by atoms with Gasteiger partial charge < -0.3 is 16.2 Å². The molecule has 0 aromatic heterocycles. The van der Waals surface area contributed by atoms with Gasteiger partial charge in [0.2, 0.25) is 5.91 Å². The number of rotatable bonds is 4. The molecule has 0 aliphatic rings. The lowest BCUT2D eigenvalue weighted by Crippen LogP contribution is -2.14. The molecule has 4 nitrogen and oxygen atoms in total. The van der Waals surface area contributed by atoms with Crippen molar-refractivity contribution in [2.24, 2.45) is 5.73 Å². The minimum Gasteiger partial charge on any atom is -0.489 e. The van der Waals surface area contributed by atoms with Crippen molar-refractivity contribution in [3.63, 3.8) is 0 Å². The number of anilines is 1. The van der Waals surface area contributed by atoms with E-state index in [-0.39, 0.29) is 6.61 Å². The summed E-state index contributed by atoms with van der Waals surface area (Å²) in [5.41, 5.74) is 12.6. The predicted molar refractivity (Wildman–Crippen MR) is 75.2 cm³/mol. The third-order valence-corrected chi connectivity index (χ3v) is 2.98. The van der Waals surface area contributed by atoms with Crippen LogP contribution in [0.15, 0.2) is 42.5 Å². The first-order chi connectivity index (χ1) is 9.08. The molecular formula is C14H13ClN2O2. The molecule has 98 valence electrons. The highest BCUT2D eigenvalue weighted by Gasteiger charge is 2.08. The van der Waals surface area contributed by atoms with Gasteiger partial charge in [0.25, 0.3) is 0 Å². The van der Waals surface area contributed by atoms with E-state index in [0.29, 0.717) is 22.0 Å². The Morgan fingerprint density at radius 3 is 2.63 bits per heavy atom. The Balaban J connectivity index is 2.14. The number of halogens is 1. The van der Waals surface area contributed by atoms with Crippen molar-refractivity contribution in [2.45, 2.75) is 6.61 Å². The van der Waals surface area contributed by atoms with Gasteiger partial charge in [0.15, 0.2) is 0 Å². The van der Waals surface area contributed by atoms with Crippen LogP contribution >= 0.6 is 11.6 Å². The number of hydrogen-bond acceptors (Lipinski definition) is 3. The van der Waals surface area contributed by atoms with E-state index in [1.54, 1.807) is 36.4 Å². The lowest BCUT2D eigenvalue weighted by Gasteiger charge is -2.10. The smallest absolute Gasteiger partial charge is 0.249 e. The summed E-state index contributed by atoms with van der Waals surface area (Å²) in [5.74, 6) is 0.105. The van der Waals surface area contributed by atoms with Crippen molar-refractivity contribution < 1.29 is 9.53 Å². The molecule has 0 spiro atoms.